The summed E-state index contributed by atoms with van der Waals surface area (Å²) >= 11 is 0. The minimum absolute atomic E-state index is 0.166. The van der Waals surface area contributed by atoms with Crippen LogP contribution < -0.4 is 10.5 Å². The van der Waals surface area contributed by atoms with Crippen molar-refractivity contribution in [2.75, 3.05) is 45.0 Å². The molecule has 0 aliphatic carbocycles. The molecule has 1 unspecified atom stereocenters. The lowest BCUT2D eigenvalue weighted by Gasteiger charge is -2.39. The molecule has 0 bridgehead atoms. The van der Waals surface area contributed by atoms with E-state index in [4.69, 9.17) is 14.6 Å². The molecule has 0 radical (unpaired) electrons. The van der Waals surface area contributed by atoms with Crippen molar-refractivity contribution in [1.82, 2.24) is 4.90 Å². The van der Waals surface area contributed by atoms with E-state index in [-0.39, 0.29) is 22.2 Å². The van der Waals surface area contributed by atoms with E-state index in [1.165, 1.54) is 12.1 Å². The molecule has 150 valence electrons. The van der Waals surface area contributed by atoms with E-state index in [0.717, 1.165) is 38.7 Å². The van der Waals surface area contributed by atoms with E-state index >= 15 is 0 Å². The van der Waals surface area contributed by atoms with Gasteiger partial charge in [0.1, 0.15) is 5.69 Å². The molecule has 3 rings (SSSR count). The van der Waals surface area contributed by atoms with E-state index in [1.807, 2.05) is 0 Å². The number of ether oxygens (including phenoxy) is 2. The maximum absolute atomic E-state index is 11.4. The van der Waals surface area contributed by atoms with Crippen LogP contribution in [0, 0.1) is 16.0 Å². The summed E-state index contributed by atoms with van der Waals surface area (Å²) in [7, 11) is -4.00. The summed E-state index contributed by atoms with van der Waals surface area (Å²) < 4.78 is 33.9. The summed E-state index contributed by atoms with van der Waals surface area (Å²) in [5.41, 5.74) is -0.0601. The average molecular weight is 400 g/mol. The molecular weight excluding hydrogens is 376 g/mol. The molecule has 2 aliphatic rings. The Morgan fingerprint density at radius 1 is 1.30 bits per heavy atom. The van der Waals surface area contributed by atoms with E-state index in [1.54, 1.807) is 0 Å². The number of rotatable bonds is 6. The van der Waals surface area contributed by atoms with Crippen LogP contribution in [-0.4, -0.2) is 63.9 Å². The molecule has 0 amide bonds. The molecule has 11 heteroatoms. The van der Waals surface area contributed by atoms with E-state index in [0.29, 0.717) is 25.9 Å². The van der Waals surface area contributed by atoms with Gasteiger partial charge in [-0.1, -0.05) is 0 Å². The molecular formula is C16H24N4O6S. The molecule has 2 aliphatic heterocycles. The summed E-state index contributed by atoms with van der Waals surface area (Å²) in [6, 6.07) is 4.04. The standard InChI is InChI=1S/C16H24N4O6S/c17-27(23,24)14-1-2-15(16(7-14)20(21)22)18-8-12-9-19(11-26-10-12)13-3-5-25-6-4-13/h1-2,7,12-13,18H,3-6,8-11H2,(H2,17,23,24). The first kappa shape index (κ1) is 20.0. The van der Waals surface area contributed by atoms with Crippen molar-refractivity contribution in [3.8, 4) is 0 Å². The van der Waals surface area contributed by atoms with Crippen LogP contribution in [0.3, 0.4) is 0 Å². The number of primary sulfonamides is 1. The van der Waals surface area contributed by atoms with Crippen molar-refractivity contribution in [3.63, 3.8) is 0 Å². The first-order valence-electron chi connectivity index (χ1n) is 8.79. The molecule has 3 N–H and O–H groups in total. The lowest BCUT2D eigenvalue weighted by atomic mass is 10.0. The Labute approximate surface area is 157 Å². The van der Waals surface area contributed by atoms with Crippen LogP contribution in [-0.2, 0) is 19.5 Å². The summed E-state index contributed by atoms with van der Waals surface area (Å²) in [4.78, 5) is 12.7. The molecule has 0 aromatic heterocycles. The number of benzene rings is 1. The Kier molecular flexibility index (Phi) is 6.27. The SMILES string of the molecule is NS(=O)(=O)c1ccc(NCC2COCN(C3CCOCC3)C2)c([N+](=O)[O-])c1. The molecule has 0 spiro atoms. The normalized spacial score (nSPS) is 22.5. The second kappa shape index (κ2) is 8.48. The summed E-state index contributed by atoms with van der Waals surface area (Å²) in [5, 5.41) is 19.4. The van der Waals surface area contributed by atoms with Gasteiger partial charge in [-0.3, -0.25) is 15.0 Å². The molecule has 2 heterocycles. The Morgan fingerprint density at radius 3 is 2.70 bits per heavy atom. The van der Waals surface area contributed by atoms with Crippen molar-refractivity contribution in [2.24, 2.45) is 11.1 Å². The molecule has 1 aromatic carbocycles. The van der Waals surface area contributed by atoms with Gasteiger partial charge in [0.25, 0.3) is 5.69 Å². The van der Waals surface area contributed by atoms with Gasteiger partial charge in [-0.2, -0.15) is 0 Å². The van der Waals surface area contributed by atoms with Gasteiger partial charge < -0.3 is 14.8 Å². The van der Waals surface area contributed by atoms with Gasteiger partial charge in [0.2, 0.25) is 10.0 Å². The molecule has 1 aromatic rings. The van der Waals surface area contributed by atoms with E-state index in [2.05, 4.69) is 10.2 Å². The number of hydrogen-bond donors (Lipinski definition) is 2. The van der Waals surface area contributed by atoms with Crippen LogP contribution in [0.2, 0.25) is 0 Å². The minimum atomic E-state index is -4.00. The highest BCUT2D eigenvalue weighted by Gasteiger charge is 2.28. The minimum Gasteiger partial charge on any atom is -0.381 e. The third kappa shape index (κ3) is 5.14. The predicted molar refractivity (Wildman–Crippen MR) is 97.8 cm³/mol. The third-order valence-corrected chi connectivity index (χ3v) is 5.80. The van der Waals surface area contributed by atoms with Crippen LogP contribution >= 0.6 is 0 Å². The van der Waals surface area contributed by atoms with Crippen LogP contribution in [0.1, 0.15) is 12.8 Å². The number of sulfonamides is 1. The fraction of sp³-hybridized carbons (Fsp3) is 0.625. The molecule has 27 heavy (non-hydrogen) atoms. The average Bonchev–Trinajstić information content (AvgIpc) is 2.66. The maximum Gasteiger partial charge on any atom is 0.293 e. The second-order valence-electron chi connectivity index (χ2n) is 6.84. The third-order valence-electron chi connectivity index (χ3n) is 4.89. The van der Waals surface area contributed by atoms with Gasteiger partial charge in [-0.15, -0.1) is 0 Å². The van der Waals surface area contributed by atoms with Gasteiger partial charge in [-0.05, 0) is 25.0 Å². The van der Waals surface area contributed by atoms with Crippen molar-refractivity contribution < 1.29 is 22.8 Å². The van der Waals surface area contributed by atoms with Crippen molar-refractivity contribution >= 4 is 21.4 Å². The fourth-order valence-corrected chi connectivity index (χ4v) is 3.98. The molecule has 2 fully saturated rings. The second-order valence-corrected chi connectivity index (χ2v) is 8.40. The Hall–Kier alpha value is -1.79. The fourth-order valence-electron chi connectivity index (χ4n) is 3.45. The zero-order chi connectivity index (χ0) is 19.4. The Balaban J connectivity index is 1.64. The van der Waals surface area contributed by atoms with Crippen LogP contribution in [0.15, 0.2) is 23.1 Å². The van der Waals surface area contributed by atoms with E-state index in [9.17, 15) is 18.5 Å². The summed E-state index contributed by atoms with van der Waals surface area (Å²) in [6.45, 7) is 3.98. The highest BCUT2D eigenvalue weighted by atomic mass is 32.2. The monoisotopic (exact) mass is 400 g/mol. The maximum atomic E-state index is 11.4. The predicted octanol–water partition coefficient (Wildman–Crippen LogP) is 0.739. The summed E-state index contributed by atoms with van der Waals surface area (Å²) in [5.74, 6) is 0.166. The molecule has 10 nitrogen and oxygen atoms in total. The van der Waals surface area contributed by atoms with Gasteiger partial charge in [-0.25, -0.2) is 13.6 Å². The molecule has 0 saturated carbocycles. The molecule has 2 saturated heterocycles. The highest BCUT2D eigenvalue weighted by molar-refractivity contribution is 7.89. The number of nitro benzene ring substituents is 1. The number of nitrogens with one attached hydrogen (secondary N) is 1. The van der Waals surface area contributed by atoms with E-state index < -0.39 is 14.9 Å². The lowest BCUT2D eigenvalue weighted by Crippen LogP contribution is -2.48. The Bertz CT molecular complexity index is 781. The molecule has 1 atom stereocenters. The van der Waals surface area contributed by atoms with Crippen LogP contribution in [0.4, 0.5) is 11.4 Å². The van der Waals surface area contributed by atoms with Gasteiger partial charge >= 0.3 is 0 Å². The lowest BCUT2D eigenvalue weighted by molar-refractivity contribution is -0.384. The number of nitro groups is 1. The topological polar surface area (TPSA) is 137 Å². The quantitative estimate of drug-likeness (QED) is 0.527. The number of anilines is 1. The number of nitrogens with two attached hydrogens (primary N) is 1. The summed E-state index contributed by atoms with van der Waals surface area (Å²) in [6.07, 6.45) is 1.95. The number of nitrogens with zero attached hydrogens (tertiary/aromatic N) is 2. The highest BCUT2D eigenvalue weighted by Crippen LogP contribution is 2.28. The first-order valence-corrected chi connectivity index (χ1v) is 10.3. The van der Waals surface area contributed by atoms with Crippen LogP contribution in [0.5, 0.6) is 0 Å². The largest absolute Gasteiger partial charge is 0.381 e. The zero-order valence-electron chi connectivity index (χ0n) is 14.9. The van der Waals surface area contributed by atoms with Gasteiger partial charge in [0, 0.05) is 44.3 Å². The van der Waals surface area contributed by atoms with Crippen molar-refractivity contribution in [3.05, 3.63) is 28.3 Å². The first-order chi connectivity index (χ1) is 12.8. The smallest absolute Gasteiger partial charge is 0.293 e. The number of hydrogen-bond acceptors (Lipinski definition) is 8. The van der Waals surface area contributed by atoms with Crippen molar-refractivity contribution in [2.45, 2.75) is 23.8 Å². The Morgan fingerprint density at radius 2 is 2.04 bits per heavy atom. The van der Waals surface area contributed by atoms with Crippen molar-refractivity contribution in [1.29, 1.82) is 0 Å². The van der Waals surface area contributed by atoms with Gasteiger partial charge in [0.15, 0.2) is 0 Å². The zero-order valence-corrected chi connectivity index (χ0v) is 15.7. The van der Waals surface area contributed by atoms with Gasteiger partial charge in [0.05, 0.1) is 23.2 Å². The van der Waals surface area contributed by atoms with Crippen LogP contribution in [0.25, 0.3) is 0 Å².